The highest BCUT2D eigenvalue weighted by Crippen LogP contribution is 2.27. The van der Waals surface area contributed by atoms with Crippen molar-refractivity contribution in [3.8, 4) is 0 Å². The lowest BCUT2D eigenvalue weighted by Crippen LogP contribution is -2.37. The van der Waals surface area contributed by atoms with Gasteiger partial charge in [-0.3, -0.25) is 4.90 Å². The first-order valence-electron chi connectivity index (χ1n) is 9.82. The van der Waals surface area contributed by atoms with Crippen LogP contribution in [0.25, 0.3) is 6.08 Å². The number of hydrogen-bond donors (Lipinski definition) is 2. The number of fused-ring (bicyclic) bond motifs is 1. The van der Waals surface area contributed by atoms with Gasteiger partial charge in [0.15, 0.2) is 5.82 Å². The third-order valence-corrected chi connectivity index (χ3v) is 5.04. The van der Waals surface area contributed by atoms with Gasteiger partial charge in [0.1, 0.15) is 5.69 Å². The fraction of sp³-hybridized carbons (Fsp3) is 0.364. The highest BCUT2D eigenvalue weighted by atomic mass is 19.4. The number of nitrogens with two attached hydrogens (primary N) is 1. The van der Waals surface area contributed by atoms with Crippen molar-refractivity contribution in [2.45, 2.75) is 26.1 Å². The number of benzene rings is 1. The minimum atomic E-state index is -4.53. The average molecular weight is 417 g/mol. The van der Waals surface area contributed by atoms with Crippen LogP contribution in [-0.4, -0.2) is 34.5 Å². The van der Waals surface area contributed by atoms with Crippen molar-refractivity contribution in [3.63, 3.8) is 0 Å². The highest BCUT2D eigenvalue weighted by molar-refractivity contribution is 5.50. The second-order valence-electron chi connectivity index (χ2n) is 7.62. The molecule has 0 radical (unpaired) electrons. The van der Waals surface area contributed by atoms with Gasteiger partial charge in [0, 0.05) is 38.5 Å². The minimum absolute atomic E-state index is 0.106. The van der Waals surface area contributed by atoms with Crippen molar-refractivity contribution < 1.29 is 13.2 Å². The van der Waals surface area contributed by atoms with E-state index in [-0.39, 0.29) is 11.5 Å². The molecule has 30 heavy (non-hydrogen) atoms. The van der Waals surface area contributed by atoms with Crippen molar-refractivity contribution in [1.82, 2.24) is 20.2 Å². The topological polar surface area (TPSA) is 67.1 Å². The van der Waals surface area contributed by atoms with Crippen LogP contribution in [-0.2, 0) is 19.1 Å². The number of hydrogen-bond acceptors (Lipinski definition) is 5. The summed E-state index contributed by atoms with van der Waals surface area (Å²) in [6.07, 6.45) is -1.13. The SMILES string of the molecule is C=C(NCC(C)CN1CCc2ccccc2C1)C(N)=Cc1nccc(C(F)(F)F)n1. The molecule has 0 saturated carbocycles. The molecule has 8 heteroatoms. The molecule has 1 atom stereocenters. The lowest BCUT2D eigenvalue weighted by molar-refractivity contribution is -0.141. The maximum Gasteiger partial charge on any atom is 0.433 e. The van der Waals surface area contributed by atoms with Crippen LogP contribution in [0.2, 0.25) is 0 Å². The highest BCUT2D eigenvalue weighted by Gasteiger charge is 2.32. The van der Waals surface area contributed by atoms with Gasteiger partial charge in [-0.1, -0.05) is 37.8 Å². The summed E-state index contributed by atoms with van der Waals surface area (Å²) in [6, 6.07) is 9.33. The summed E-state index contributed by atoms with van der Waals surface area (Å²) < 4.78 is 38.3. The van der Waals surface area contributed by atoms with Crippen LogP contribution in [0.4, 0.5) is 13.2 Å². The van der Waals surface area contributed by atoms with E-state index >= 15 is 0 Å². The van der Waals surface area contributed by atoms with E-state index in [2.05, 4.69) is 58.0 Å². The second-order valence-corrected chi connectivity index (χ2v) is 7.62. The third kappa shape index (κ3) is 5.82. The Labute approximate surface area is 174 Å². The molecule has 0 saturated heterocycles. The summed E-state index contributed by atoms with van der Waals surface area (Å²) in [7, 11) is 0. The molecule has 0 aliphatic carbocycles. The number of nitrogens with one attached hydrogen (secondary N) is 1. The zero-order valence-corrected chi connectivity index (χ0v) is 16.9. The minimum Gasteiger partial charge on any atom is -0.397 e. The standard InChI is InChI=1S/C22H26F3N5/c1-15(13-30-10-8-17-5-3-4-6-18(17)14-30)12-28-16(2)19(26)11-21-27-9-7-20(29-21)22(23,24)25/h3-7,9,11,15,28H,2,8,10,12-14,26H2,1H3. The Bertz CT molecular complexity index is 923. The van der Waals surface area contributed by atoms with E-state index in [0.29, 0.717) is 18.2 Å². The van der Waals surface area contributed by atoms with Crippen molar-refractivity contribution in [2.75, 3.05) is 19.6 Å². The van der Waals surface area contributed by atoms with E-state index in [9.17, 15) is 13.2 Å². The van der Waals surface area contributed by atoms with Crippen LogP contribution in [0.15, 0.2) is 54.5 Å². The van der Waals surface area contributed by atoms with Gasteiger partial charge in [-0.25, -0.2) is 9.97 Å². The van der Waals surface area contributed by atoms with Crippen molar-refractivity contribution >= 4 is 6.08 Å². The Morgan fingerprint density at radius 3 is 2.77 bits per heavy atom. The molecular formula is C22H26F3N5. The molecular weight excluding hydrogens is 391 g/mol. The molecule has 1 aliphatic heterocycles. The molecule has 1 aromatic carbocycles. The maximum absolute atomic E-state index is 12.8. The van der Waals surface area contributed by atoms with Crippen molar-refractivity contribution in [1.29, 1.82) is 0 Å². The Hall–Kier alpha value is -2.87. The van der Waals surface area contributed by atoms with Crippen LogP contribution in [0.3, 0.4) is 0 Å². The zero-order chi connectivity index (χ0) is 21.7. The van der Waals surface area contributed by atoms with Gasteiger partial charge in [0.05, 0.1) is 11.4 Å². The van der Waals surface area contributed by atoms with Gasteiger partial charge in [-0.2, -0.15) is 13.2 Å². The molecule has 1 aliphatic rings. The second kappa shape index (κ2) is 9.30. The third-order valence-electron chi connectivity index (χ3n) is 5.04. The quantitative estimate of drug-likeness (QED) is 0.674. The van der Waals surface area contributed by atoms with Crippen LogP contribution in [0, 0.1) is 5.92 Å². The smallest absolute Gasteiger partial charge is 0.397 e. The molecule has 0 bridgehead atoms. The summed E-state index contributed by atoms with van der Waals surface area (Å²) in [4.78, 5) is 9.74. The van der Waals surface area contributed by atoms with Gasteiger partial charge in [-0.05, 0) is 29.5 Å². The molecule has 160 valence electrons. The largest absolute Gasteiger partial charge is 0.433 e. The van der Waals surface area contributed by atoms with E-state index in [4.69, 9.17) is 5.73 Å². The Kier molecular flexibility index (Phi) is 6.77. The summed E-state index contributed by atoms with van der Waals surface area (Å²) in [5.74, 6) is 0.231. The number of aromatic nitrogens is 2. The number of alkyl halides is 3. The van der Waals surface area contributed by atoms with Crippen LogP contribution >= 0.6 is 0 Å². The van der Waals surface area contributed by atoms with Gasteiger partial charge in [0.2, 0.25) is 0 Å². The average Bonchev–Trinajstić information content (AvgIpc) is 2.71. The predicted octanol–water partition coefficient (Wildman–Crippen LogP) is 3.59. The predicted molar refractivity (Wildman–Crippen MR) is 111 cm³/mol. The van der Waals surface area contributed by atoms with Gasteiger partial charge in [0.25, 0.3) is 0 Å². The van der Waals surface area contributed by atoms with Crippen molar-refractivity contribution in [2.24, 2.45) is 11.7 Å². The summed E-state index contributed by atoms with van der Waals surface area (Å²) >= 11 is 0. The Balaban J connectivity index is 1.51. The summed E-state index contributed by atoms with van der Waals surface area (Å²) in [5, 5.41) is 3.16. The maximum atomic E-state index is 12.8. The molecule has 2 heterocycles. The lowest BCUT2D eigenvalue weighted by atomic mass is 9.99. The fourth-order valence-corrected chi connectivity index (χ4v) is 3.44. The molecule has 1 unspecified atom stereocenters. The Morgan fingerprint density at radius 1 is 1.30 bits per heavy atom. The van der Waals surface area contributed by atoms with Crippen LogP contribution in [0.1, 0.15) is 29.6 Å². The van der Waals surface area contributed by atoms with Gasteiger partial charge >= 0.3 is 6.18 Å². The normalized spacial score (nSPS) is 16.1. The molecule has 2 aromatic rings. The number of rotatable bonds is 7. The number of halogens is 3. The molecule has 0 spiro atoms. The molecule has 0 fully saturated rings. The fourth-order valence-electron chi connectivity index (χ4n) is 3.44. The monoisotopic (exact) mass is 417 g/mol. The molecule has 0 amide bonds. The van der Waals surface area contributed by atoms with E-state index in [1.54, 1.807) is 0 Å². The van der Waals surface area contributed by atoms with Crippen LogP contribution < -0.4 is 11.1 Å². The number of nitrogens with zero attached hydrogens (tertiary/aromatic N) is 3. The summed E-state index contributed by atoms with van der Waals surface area (Å²) in [5.41, 5.74) is 8.39. The van der Waals surface area contributed by atoms with E-state index in [1.807, 2.05) is 0 Å². The van der Waals surface area contributed by atoms with E-state index < -0.39 is 11.9 Å². The first-order valence-corrected chi connectivity index (χ1v) is 9.82. The van der Waals surface area contributed by atoms with Crippen molar-refractivity contribution in [3.05, 3.63) is 77.1 Å². The van der Waals surface area contributed by atoms with E-state index in [1.165, 1.54) is 17.2 Å². The molecule has 5 nitrogen and oxygen atoms in total. The van der Waals surface area contributed by atoms with E-state index in [0.717, 1.165) is 38.3 Å². The van der Waals surface area contributed by atoms with Crippen LogP contribution in [0.5, 0.6) is 0 Å². The van der Waals surface area contributed by atoms with Gasteiger partial charge in [-0.15, -0.1) is 0 Å². The zero-order valence-electron chi connectivity index (χ0n) is 16.9. The first-order chi connectivity index (χ1) is 14.2. The molecule has 3 N–H and O–H groups in total. The van der Waals surface area contributed by atoms with Gasteiger partial charge < -0.3 is 11.1 Å². The molecule has 1 aromatic heterocycles. The summed E-state index contributed by atoms with van der Waals surface area (Å²) in [6.45, 7) is 9.55. The first kappa shape index (κ1) is 21.8. The lowest BCUT2D eigenvalue weighted by Gasteiger charge is -2.31. The molecule has 3 rings (SSSR count). The Morgan fingerprint density at radius 2 is 2.03 bits per heavy atom.